The number of thioether (sulfide) groups is 1. The van der Waals surface area contributed by atoms with Gasteiger partial charge in [-0.2, -0.15) is 0 Å². The van der Waals surface area contributed by atoms with Crippen molar-refractivity contribution in [1.29, 1.82) is 0 Å². The van der Waals surface area contributed by atoms with Gasteiger partial charge in [0.2, 0.25) is 11.9 Å². The van der Waals surface area contributed by atoms with E-state index in [0.717, 1.165) is 29.9 Å². The van der Waals surface area contributed by atoms with Crippen LogP contribution in [-0.2, 0) is 11.3 Å². The Kier molecular flexibility index (Phi) is 6.74. The van der Waals surface area contributed by atoms with Gasteiger partial charge in [0, 0.05) is 25.0 Å². The van der Waals surface area contributed by atoms with E-state index in [2.05, 4.69) is 56.9 Å². The molecule has 8 heteroatoms. The fourth-order valence-corrected chi connectivity index (χ4v) is 5.18. The number of carbonyl (C=O) groups is 1. The lowest BCUT2D eigenvalue weighted by atomic mass is 10.1. The van der Waals surface area contributed by atoms with Gasteiger partial charge in [-0.05, 0) is 49.8 Å². The van der Waals surface area contributed by atoms with Crippen LogP contribution in [-0.4, -0.2) is 51.5 Å². The fourth-order valence-electron chi connectivity index (χ4n) is 3.54. The van der Waals surface area contributed by atoms with E-state index in [1.54, 1.807) is 16.2 Å². The third-order valence-corrected chi connectivity index (χ3v) is 7.05. The zero-order chi connectivity index (χ0) is 20.9. The molecule has 1 aliphatic heterocycles. The molecule has 1 amide bonds. The average molecular weight is 442 g/mol. The van der Waals surface area contributed by atoms with Crippen molar-refractivity contribution in [3.8, 4) is 5.69 Å². The Balaban J connectivity index is 1.52. The minimum atomic E-state index is 0.0892. The van der Waals surface area contributed by atoms with Gasteiger partial charge in [-0.1, -0.05) is 35.5 Å². The third kappa shape index (κ3) is 4.87. The fraction of sp³-hybridized carbons (Fsp3) is 0.409. The summed E-state index contributed by atoms with van der Waals surface area (Å²) >= 11 is 3.13. The van der Waals surface area contributed by atoms with Crippen LogP contribution in [0.4, 0.5) is 5.95 Å². The molecule has 30 heavy (non-hydrogen) atoms. The molecule has 1 fully saturated rings. The van der Waals surface area contributed by atoms with Gasteiger partial charge < -0.3 is 9.80 Å². The lowest BCUT2D eigenvalue weighted by molar-refractivity contribution is -0.127. The molecule has 0 atom stereocenters. The highest BCUT2D eigenvalue weighted by Gasteiger charge is 2.22. The second-order valence-electron chi connectivity index (χ2n) is 7.62. The number of thiophene rings is 1. The summed E-state index contributed by atoms with van der Waals surface area (Å²) in [6.45, 7) is 4.72. The third-order valence-electron chi connectivity index (χ3n) is 5.27. The molecular weight excluding hydrogens is 414 g/mol. The topological polar surface area (TPSA) is 54.3 Å². The standard InChI is InChI=1S/C22H27N5OS2/c1-17-8-10-18(11-9-17)27-21(26-12-4-3-5-13-26)23-24-22(27)30-16-20(28)25(2)15-19-7-6-14-29-19/h6-11,14H,3-5,12-13,15-16H2,1-2H3. The van der Waals surface area contributed by atoms with Crippen molar-refractivity contribution < 1.29 is 4.79 Å². The van der Waals surface area contributed by atoms with Gasteiger partial charge in [-0.15, -0.1) is 21.5 Å². The number of piperidine rings is 1. The molecule has 6 nitrogen and oxygen atoms in total. The van der Waals surface area contributed by atoms with Crippen LogP contribution in [0.15, 0.2) is 46.9 Å². The van der Waals surface area contributed by atoms with Crippen molar-refractivity contribution in [1.82, 2.24) is 19.7 Å². The van der Waals surface area contributed by atoms with Gasteiger partial charge in [0.15, 0.2) is 5.16 Å². The van der Waals surface area contributed by atoms with Crippen molar-refractivity contribution in [3.05, 3.63) is 52.2 Å². The van der Waals surface area contributed by atoms with Gasteiger partial charge in [-0.25, -0.2) is 0 Å². The number of carbonyl (C=O) groups excluding carboxylic acids is 1. The molecule has 0 N–H and O–H groups in total. The molecule has 158 valence electrons. The number of nitrogens with zero attached hydrogens (tertiary/aromatic N) is 5. The summed E-state index contributed by atoms with van der Waals surface area (Å²) in [6.07, 6.45) is 3.62. The van der Waals surface area contributed by atoms with Gasteiger partial charge in [0.1, 0.15) is 0 Å². The summed E-state index contributed by atoms with van der Waals surface area (Å²) < 4.78 is 2.10. The van der Waals surface area contributed by atoms with Crippen LogP contribution < -0.4 is 4.90 Å². The lowest BCUT2D eigenvalue weighted by Gasteiger charge is -2.27. The molecule has 3 aromatic rings. The van der Waals surface area contributed by atoms with Crippen LogP contribution in [0.1, 0.15) is 29.7 Å². The first-order valence-corrected chi connectivity index (χ1v) is 12.1. The SMILES string of the molecule is Cc1ccc(-n2c(SCC(=O)N(C)Cc3cccs3)nnc2N2CCCCC2)cc1. The number of amides is 1. The quantitative estimate of drug-likeness (QED) is 0.510. The molecule has 4 rings (SSSR count). The second-order valence-corrected chi connectivity index (χ2v) is 9.59. The van der Waals surface area contributed by atoms with Crippen molar-refractivity contribution in [2.24, 2.45) is 0 Å². The normalized spacial score (nSPS) is 14.1. The molecule has 0 saturated carbocycles. The number of rotatable bonds is 7. The van der Waals surface area contributed by atoms with Gasteiger partial charge in [0.05, 0.1) is 18.0 Å². The van der Waals surface area contributed by atoms with Crippen LogP contribution in [0.2, 0.25) is 0 Å². The Morgan fingerprint density at radius 1 is 1.13 bits per heavy atom. The highest BCUT2D eigenvalue weighted by Crippen LogP contribution is 2.28. The summed E-state index contributed by atoms with van der Waals surface area (Å²) in [5, 5.41) is 11.8. The van der Waals surface area contributed by atoms with E-state index in [1.165, 1.54) is 41.5 Å². The molecular formula is C22H27N5OS2. The van der Waals surface area contributed by atoms with E-state index in [0.29, 0.717) is 12.3 Å². The first kappa shape index (κ1) is 20.9. The van der Waals surface area contributed by atoms with Crippen molar-refractivity contribution in [2.45, 2.75) is 37.9 Å². The number of aryl methyl sites for hydroxylation is 1. The Hall–Kier alpha value is -2.32. The molecule has 0 aliphatic carbocycles. The molecule has 0 bridgehead atoms. The summed E-state index contributed by atoms with van der Waals surface area (Å²) in [6, 6.07) is 12.5. The summed E-state index contributed by atoms with van der Waals surface area (Å²) in [5.74, 6) is 1.30. The molecule has 1 aromatic carbocycles. The summed E-state index contributed by atoms with van der Waals surface area (Å²) in [5.41, 5.74) is 2.25. The Morgan fingerprint density at radius 3 is 2.60 bits per heavy atom. The molecule has 1 saturated heterocycles. The van der Waals surface area contributed by atoms with Crippen molar-refractivity contribution in [2.75, 3.05) is 30.8 Å². The summed E-state index contributed by atoms with van der Waals surface area (Å²) in [4.78, 5) is 18.0. The number of anilines is 1. The molecule has 0 spiro atoms. The maximum absolute atomic E-state index is 12.7. The van der Waals surface area contributed by atoms with Crippen LogP contribution in [0.5, 0.6) is 0 Å². The monoisotopic (exact) mass is 441 g/mol. The van der Waals surface area contributed by atoms with E-state index >= 15 is 0 Å². The van der Waals surface area contributed by atoms with Gasteiger partial charge in [-0.3, -0.25) is 9.36 Å². The highest BCUT2D eigenvalue weighted by atomic mass is 32.2. The lowest BCUT2D eigenvalue weighted by Crippen LogP contribution is -2.31. The van der Waals surface area contributed by atoms with E-state index in [9.17, 15) is 4.79 Å². The largest absolute Gasteiger partial charge is 0.341 e. The van der Waals surface area contributed by atoms with E-state index in [1.807, 2.05) is 18.5 Å². The van der Waals surface area contributed by atoms with Crippen LogP contribution in [0.3, 0.4) is 0 Å². The van der Waals surface area contributed by atoms with E-state index < -0.39 is 0 Å². The minimum Gasteiger partial charge on any atom is -0.341 e. The first-order valence-electron chi connectivity index (χ1n) is 10.3. The Labute approximate surface area is 185 Å². The first-order chi connectivity index (χ1) is 14.6. The number of benzene rings is 1. The Bertz CT molecular complexity index is 962. The second kappa shape index (κ2) is 9.66. The maximum Gasteiger partial charge on any atom is 0.233 e. The molecule has 1 aliphatic rings. The predicted molar refractivity (Wildman–Crippen MR) is 124 cm³/mol. The number of hydrogen-bond acceptors (Lipinski definition) is 6. The van der Waals surface area contributed by atoms with E-state index in [4.69, 9.17) is 0 Å². The van der Waals surface area contributed by atoms with Crippen molar-refractivity contribution in [3.63, 3.8) is 0 Å². The molecule has 0 unspecified atom stereocenters. The van der Waals surface area contributed by atoms with Crippen LogP contribution in [0, 0.1) is 6.92 Å². The molecule has 2 aromatic heterocycles. The van der Waals surface area contributed by atoms with E-state index in [-0.39, 0.29) is 5.91 Å². The van der Waals surface area contributed by atoms with Crippen molar-refractivity contribution >= 4 is 35.0 Å². The predicted octanol–water partition coefficient (Wildman–Crippen LogP) is 4.38. The molecule has 3 heterocycles. The minimum absolute atomic E-state index is 0.0892. The highest BCUT2D eigenvalue weighted by molar-refractivity contribution is 7.99. The zero-order valence-electron chi connectivity index (χ0n) is 17.5. The van der Waals surface area contributed by atoms with Crippen LogP contribution >= 0.6 is 23.1 Å². The van der Waals surface area contributed by atoms with Gasteiger partial charge >= 0.3 is 0 Å². The average Bonchev–Trinajstić information content (AvgIpc) is 3.43. The number of aromatic nitrogens is 3. The van der Waals surface area contributed by atoms with Crippen LogP contribution in [0.25, 0.3) is 5.69 Å². The summed E-state index contributed by atoms with van der Waals surface area (Å²) in [7, 11) is 1.85. The molecule has 0 radical (unpaired) electrons. The smallest absolute Gasteiger partial charge is 0.233 e. The zero-order valence-corrected chi connectivity index (χ0v) is 19.1. The maximum atomic E-state index is 12.7. The number of hydrogen-bond donors (Lipinski definition) is 0. The van der Waals surface area contributed by atoms with Gasteiger partial charge in [0.25, 0.3) is 0 Å². The Morgan fingerprint density at radius 2 is 1.90 bits per heavy atom.